The molecule has 0 aliphatic heterocycles. The van der Waals surface area contributed by atoms with Crippen molar-refractivity contribution >= 4 is 27.5 Å². The van der Waals surface area contributed by atoms with E-state index in [-0.39, 0.29) is 12.2 Å². The number of aliphatic hydroxyl groups is 1. The number of halogens is 3. The van der Waals surface area contributed by atoms with Crippen molar-refractivity contribution in [2.75, 3.05) is 0 Å². The molecule has 0 bridgehead atoms. The van der Waals surface area contributed by atoms with Crippen molar-refractivity contribution in [1.29, 1.82) is 0 Å². The van der Waals surface area contributed by atoms with Crippen molar-refractivity contribution in [3.63, 3.8) is 0 Å². The molecule has 0 radical (unpaired) electrons. The minimum Gasteiger partial charge on any atom is -0.389 e. The summed E-state index contributed by atoms with van der Waals surface area (Å²) in [6.45, 7) is 1.69. The molecular weight excluding hydrogens is 343 g/mol. The van der Waals surface area contributed by atoms with Gasteiger partial charge in [0.15, 0.2) is 0 Å². The summed E-state index contributed by atoms with van der Waals surface area (Å²) in [6, 6.07) is 12.3. The van der Waals surface area contributed by atoms with E-state index >= 15 is 0 Å². The molecule has 0 aliphatic rings. The first-order valence-corrected chi connectivity index (χ1v) is 7.44. The van der Waals surface area contributed by atoms with Crippen LogP contribution < -0.4 is 0 Å². The van der Waals surface area contributed by atoms with Crippen molar-refractivity contribution in [3.8, 4) is 0 Å². The Balaban J connectivity index is 2.16. The van der Waals surface area contributed by atoms with Crippen molar-refractivity contribution in [1.82, 2.24) is 0 Å². The van der Waals surface area contributed by atoms with Gasteiger partial charge in [0, 0.05) is 27.9 Å². The second-order valence-corrected chi connectivity index (χ2v) is 6.50. The predicted octanol–water partition coefficient (Wildman–Crippen LogP) is 4.78. The third-order valence-corrected chi connectivity index (χ3v) is 4.00. The molecular formula is C16H15BrClFO. The first-order valence-electron chi connectivity index (χ1n) is 6.27. The van der Waals surface area contributed by atoms with Gasteiger partial charge in [0.05, 0.1) is 5.60 Å². The van der Waals surface area contributed by atoms with E-state index in [0.29, 0.717) is 17.0 Å². The highest BCUT2D eigenvalue weighted by molar-refractivity contribution is 9.10. The Morgan fingerprint density at radius 2 is 1.80 bits per heavy atom. The normalized spacial score (nSPS) is 14.1. The van der Waals surface area contributed by atoms with Crippen LogP contribution in [0.15, 0.2) is 46.9 Å². The number of hydrogen-bond acceptors (Lipinski definition) is 1. The molecule has 2 aromatic carbocycles. The van der Waals surface area contributed by atoms with Gasteiger partial charge in [-0.15, -0.1) is 0 Å². The van der Waals surface area contributed by atoms with Crippen molar-refractivity contribution in [3.05, 3.63) is 68.9 Å². The molecule has 0 aliphatic carbocycles. The highest BCUT2D eigenvalue weighted by Gasteiger charge is 2.24. The van der Waals surface area contributed by atoms with Crippen molar-refractivity contribution in [2.24, 2.45) is 0 Å². The number of benzene rings is 2. The molecule has 0 amide bonds. The fourth-order valence-corrected chi connectivity index (χ4v) is 2.68. The molecule has 2 aromatic rings. The largest absolute Gasteiger partial charge is 0.389 e. The minimum atomic E-state index is -1.06. The van der Waals surface area contributed by atoms with E-state index in [1.807, 2.05) is 24.3 Å². The second-order valence-electron chi connectivity index (χ2n) is 5.18. The van der Waals surface area contributed by atoms with E-state index in [0.717, 1.165) is 10.0 Å². The van der Waals surface area contributed by atoms with Gasteiger partial charge in [-0.2, -0.15) is 0 Å². The maximum atomic E-state index is 13.8. The molecule has 0 spiro atoms. The molecule has 1 unspecified atom stereocenters. The molecule has 0 saturated carbocycles. The van der Waals surface area contributed by atoms with Gasteiger partial charge in [-0.05, 0) is 36.8 Å². The first kappa shape index (κ1) is 15.5. The quantitative estimate of drug-likeness (QED) is 0.835. The first-order chi connectivity index (χ1) is 9.37. The summed E-state index contributed by atoms with van der Waals surface area (Å²) in [7, 11) is 0. The van der Waals surface area contributed by atoms with Crippen molar-refractivity contribution in [2.45, 2.75) is 25.4 Å². The molecule has 2 rings (SSSR count). The monoisotopic (exact) mass is 356 g/mol. The van der Waals surface area contributed by atoms with Gasteiger partial charge in [0.25, 0.3) is 0 Å². The van der Waals surface area contributed by atoms with Crippen LogP contribution in [-0.4, -0.2) is 10.7 Å². The molecule has 20 heavy (non-hydrogen) atoms. The lowest BCUT2D eigenvalue weighted by atomic mass is 9.89. The molecule has 1 N–H and O–H groups in total. The number of hydrogen-bond donors (Lipinski definition) is 1. The molecule has 106 valence electrons. The van der Waals surface area contributed by atoms with E-state index < -0.39 is 5.60 Å². The van der Waals surface area contributed by atoms with Crippen LogP contribution in [0.1, 0.15) is 18.1 Å². The van der Waals surface area contributed by atoms with E-state index in [9.17, 15) is 9.50 Å². The molecule has 1 nitrogen and oxygen atoms in total. The van der Waals surface area contributed by atoms with Gasteiger partial charge in [-0.3, -0.25) is 0 Å². The maximum Gasteiger partial charge on any atom is 0.127 e. The Morgan fingerprint density at radius 1 is 1.15 bits per heavy atom. The van der Waals surface area contributed by atoms with Crippen molar-refractivity contribution < 1.29 is 9.50 Å². The van der Waals surface area contributed by atoms with E-state index in [4.69, 9.17) is 11.6 Å². The Kier molecular flexibility index (Phi) is 4.84. The Bertz CT molecular complexity index is 576. The van der Waals surface area contributed by atoms with Crippen LogP contribution in [0, 0.1) is 5.82 Å². The lowest BCUT2D eigenvalue weighted by Crippen LogP contribution is -2.30. The zero-order valence-electron chi connectivity index (χ0n) is 11.0. The van der Waals surface area contributed by atoms with Crippen LogP contribution in [0.5, 0.6) is 0 Å². The SMILES string of the molecule is CC(O)(Cc1ccc(Br)cc1)Cc1c(F)cccc1Cl. The Hall–Kier alpha value is -0.900. The zero-order chi connectivity index (χ0) is 14.8. The van der Waals surface area contributed by atoms with E-state index in [2.05, 4.69) is 15.9 Å². The van der Waals surface area contributed by atoms with E-state index in [1.165, 1.54) is 6.07 Å². The summed E-state index contributed by atoms with van der Waals surface area (Å²) >= 11 is 9.37. The van der Waals surface area contributed by atoms with Crippen LogP contribution in [0.2, 0.25) is 5.02 Å². The summed E-state index contributed by atoms with van der Waals surface area (Å²) in [5.74, 6) is -0.381. The summed E-state index contributed by atoms with van der Waals surface area (Å²) in [5.41, 5.74) is 0.293. The fourth-order valence-electron chi connectivity index (χ4n) is 2.19. The van der Waals surface area contributed by atoms with E-state index in [1.54, 1.807) is 19.1 Å². The smallest absolute Gasteiger partial charge is 0.127 e. The Morgan fingerprint density at radius 3 is 2.40 bits per heavy atom. The van der Waals surface area contributed by atoms with Crippen LogP contribution in [-0.2, 0) is 12.8 Å². The number of rotatable bonds is 4. The average molecular weight is 358 g/mol. The minimum absolute atomic E-state index is 0.175. The Labute approximate surface area is 131 Å². The highest BCUT2D eigenvalue weighted by atomic mass is 79.9. The van der Waals surface area contributed by atoms with Crippen LogP contribution in [0.4, 0.5) is 4.39 Å². The van der Waals surface area contributed by atoms with Crippen LogP contribution in [0.3, 0.4) is 0 Å². The molecule has 0 saturated heterocycles. The summed E-state index contributed by atoms with van der Waals surface area (Å²) < 4.78 is 14.8. The second kappa shape index (κ2) is 6.25. The third kappa shape index (κ3) is 4.05. The molecule has 0 heterocycles. The molecule has 4 heteroatoms. The van der Waals surface area contributed by atoms with Gasteiger partial charge in [-0.1, -0.05) is 45.7 Å². The fraction of sp³-hybridized carbons (Fsp3) is 0.250. The highest BCUT2D eigenvalue weighted by Crippen LogP contribution is 2.26. The van der Waals surface area contributed by atoms with Gasteiger partial charge >= 0.3 is 0 Å². The maximum absolute atomic E-state index is 13.8. The summed E-state index contributed by atoms with van der Waals surface area (Å²) in [4.78, 5) is 0. The third-order valence-electron chi connectivity index (χ3n) is 3.12. The summed E-state index contributed by atoms with van der Waals surface area (Å²) in [5, 5.41) is 10.9. The van der Waals surface area contributed by atoms with Gasteiger partial charge < -0.3 is 5.11 Å². The van der Waals surface area contributed by atoms with Crippen LogP contribution >= 0.6 is 27.5 Å². The standard InChI is InChI=1S/C16H15BrClFO/c1-16(20,9-11-5-7-12(17)8-6-11)10-13-14(18)3-2-4-15(13)19/h2-8,20H,9-10H2,1H3. The van der Waals surface area contributed by atoms with Gasteiger partial charge in [-0.25, -0.2) is 4.39 Å². The predicted molar refractivity (Wildman–Crippen MR) is 83.6 cm³/mol. The molecule has 1 atom stereocenters. The zero-order valence-corrected chi connectivity index (χ0v) is 13.4. The topological polar surface area (TPSA) is 20.2 Å². The summed E-state index contributed by atoms with van der Waals surface area (Å²) in [6.07, 6.45) is 0.611. The lowest BCUT2D eigenvalue weighted by molar-refractivity contribution is 0.0599. The average Bonchev–Trinajstić information content (AvgIpc) is 2.37. The van der Waals surface area contributed by atoms with Crippen LogP contribution in [0.25, 0.3) is 0 Å². The van der Waals surface area contributed by atoms with Gasteiger partial charge in [0.1, 0.15) is 5.82 Å². The van der Waals surface area contributed by atoms with Gasteiger partial charge in [0.2, 0.25) is 0 Å². The molecule has 0 aromatic heterocycles. The molecule has 0 fully saturated rings. The lowest BCUT2D eigenvalue weighted by Gasteiger charge is -2.24.